The van der Waals surface area contributed by atoms with Crippen molar-refractivity contribution < 1.29 is 17.7 Å². The number of nitrogens with zero attached hydrogens (tertiary/aromatic N) is 4. The molecule has 0 unspecified atom stereocenters. The number of nitrogens with one attached hydrogen (secondary N) is 2. The number of halogens is 3. The first-order chi connectivity index (χ1) is 12.8. The third-order valence-electron chi connectivity index (χ3n) is 3.41. The molecule has 0 spiro atoms. The molecule has 0 aliphatic carbocycles. The van der Waals surface area contributed by atoms with Crippen molar-refractivity contribution in [3.05, 3.63) is 27.8 Å². The number of hydrogen-bond donors (Lipinski definition) is 2. The average molecular weight is 404 g/mol. The van der Waals surface area contributed by atoms with E-state index >= 15 is 0 Å². The van der Waals surface area contributed by atoms with Crippen molar-refractivity contribution in [3.63, 3.8) is 0 Å². The molecule has 0 aliphatic rings. The van der Waals surface area contributed by atoms with E-state index in [-0.39, 0.29) is 5.92 Å². The predicted octanol–water partition coefficient (Wildman–Crippen LogP) is 3.01. The fraction of sp³-hybridized carbons (Fsp3) is 0.625. The van der Waals surface area contributed by atoms with E-state index in [0.717, 1.165) is 16.7 Å². The molecule has 0 radical (unpaired) electrons. The Morgan fingerprint density at radius 1 is 1.26 bits per heavy atom. The summed E-state index contributed by atoms with van der Waals surface area (Å²) in [7, 11) is 0. The summed E-state index contributed by atoms with van der Waals surface area (Å²) < 4.78 is 42.8. The summed E-state index contributed by atoms with van der Waals surface area (Å²) in [5.41, 5.74) is -0.850. The first-order valence-electron chi connectivity index (χ1n) is 8.65. The molecule has 7 nitrogen and oxygen atoms in total. The smallest absolute Gasteiger partial charge is 0.357 e. The lowest BCUT2D eigenvalue weighted by Gasteiger charge is -2.10. The maximum atomic E-state index is 12.6. The molecule has 27 heavy (non-hydrogen) atoms. The van der Waals surface area contributed by atoms with Crippen molar-refractivity contribution >= 4 is 17.3 Å². The highest BCUT2D eigenvalue weighted by atomic mass is 32.1. The molecule has 0 fully saturated rings. The second kappa shape index (κ2) is 9.67. The Morgan fingerprint density at radius 2 is 2.04 bits per heavy atom. The lowest BCUT2D eigenvalue weighted by molar-refractivity contribution is -0.140. The van der Waals surface area contributed by atoms with E-state index < -0.39 is 11.9 Å². The molecular formula is C16H23F3N6OS. The Hall–Kier alpha value is -2.17. The lowest BCUT2D eigenvalue weighted by Crippen LogP contribution is -2.38. The quantitative estimate of drug-likeness (QED) is 0.519. The van der Waals surface area contributed by atoms with Gasteiger partial charge in [-0.25, -0.2) is 4.98 Å². The highest BCUT2D eigenvalue weighted by Crippen LogP contribution is 2.30. The highest BCUT2D eigenvalue weighted by molar-refractivity contribution is 7.09. The van der Waals surface area contributed by atoms with Gasteiger partial charge >= 0.3 is 6.18 Å². The van der Waals surface area contributed by atoms with Crippen LogP contribution in [0.15, 0.2) is 14.9 Å². The van der Waals surface area contributed by atoms with Gasteiger partial charge in [-0.3, -0.25) is 4.99 Å². The van der Waals surface area contributed by atoms with E-state index in [1.807, 2.05) is 20.8 Å². The minimum atomic E-state index is -4.40. The monoisotopic (exact) mass is 404 g/mol. The second-order valence-corrected chi connectivity index (χ2v) is 6.96. The molecule has 0 bridgehead atoms. The highest BCUT2D eigenvalue weighted by Gasteiger charge is 2.33. The van der Waals surface area contributed by atoms with E-state index in [1.54, 1.807) is 0 Å². The molecule has 0 aliphatic heterocycles. The van der Waals surface area contributed by atoms with Crippen molar-refractivity contribution in [1.82, 2.24) is 25.8 Å². The standard InChI is InChI=1S/C16H23F3N6OS/c1-4-20-15(21-7-5-12-24-14(10(2)3)25-26-12)22-8-6-13-23-11(9-27-13)16(17,18)19/h9-10H,4-8H2,1-3H3,(H2,20,21,22). The van der Waals surface area contributed by atoms with Crippen molar-refractivity contribution in [2.24, 2.45) is 4.99 Å². The molecule has 11 heteroatoms. The predicted molar refractivity (Wildman–Crippen MR) is 96.9 cm³/mol. The second-order valence-electron chi connectivity index (χ2n) is 6.01. The third-order valence-corrected chi connectivity index (χ3v) is 4.32. The van der Waals surface area contributed by atoms with Gasteiger partial charge in [-0.2, -0.15) is 18.2 Å². The van der Waals surface area contributed by atoms with Crippen LogP contribution in [-0.2, 0) is 19.0 Å². The summed E-state index contributed by atoms with van der Waals surface area (Å²) in [5.74, 6) is 2.00. The molecule has 150 valence electrons. The maximum absolute atomic E-state index is 12.6. The molecule has 0 atom stereocenters. The van der Waals surface area contributed by atoms with Crippen molar-refractivity contribution in [2.75, 3.05) is 19.6 Å². The van der Waals surface area contributed by atoms with Gasteiger partial charge in [0, 0.05) is 43.8 Å². The van der Waals surface area contributed by atoms with Crippen LogP contribution < -0.4 is 10.6 Å². The largest absolute Gasteiger partial charge is 0.434 e. The van der Waals surface area contributed by atoms with E-state index in [1.165, 1.54) is 0 Å². The van der Waals surface area contributed by atoms with Crippen LogP contribution in [0.3, 0.4) is 0 Å². The number of alkyl halides is 3. The topological polar surface area (TPSA) is 88.2 Å². The Kier molecular flexibility index (Phi) is 7.57. The van der Waals surface area contributed by atoms with Gasteiger partial charge in [-0.15, -0.1) is 11.3 Å². The average Bonchev–Trinajstić information content (AvgIpc) is 3.24. The van der Waals surface area contributed by atoms with E-state index in [9.17, 15) is 13.2 Å². The zero-order chi connectivity index (χ0) is 19.9. The van der Waals surface area contributed by atoms with Gasteiger partial charge in [0.2, 0.25) is 5.89 Å². The molecular weight excluding hydrogens is 381 g/mol. The summed E-state index contributed by atoms with van der Waals surface area (Å²) in [5, 5.41) is 11.6. The number of aromatic nitrogens is 3. The fourth-order valence-electron chi connectivity index (χ4n) is 2.05. The molecule has 2 aromatic rings. The van der Waals surface area contributed by atoms with E-state index in [4.69, 9.17) is 4.52 Å². The van der Waals surface area contributed by atoms with Crippen molar-refractivity contribution in [3.8, 4) is 0 Å². The number of aliphatic imine (C=N–C) groups is 1. The number of rotatable bonds is 8. The Labute approximate surface area is 159 Å². The molecule has 0 aromatic carbocycles. The normalized spacial score (nSPS) is 12.6. The van der Waals surface area contributed by atoms with Gasteiger partial charge < -0.3 is 15.2 Å². The fourth-order valence-corrected chi connectivity index (χ4v) is 2.85. The molecule has 0 saturated heterocycles. The molecule has 2 rings (SSSR count). The van der Waals surface area contributed by atoms with Gasteiger partial charge in [-0.05, 0) is 6.92 Å². The van der Waals surface area contributed by atoms with Crippen LogP contribution in [0.5, 0.6) is 0 Å². The zero-order valence-corrected chi connectivity index (χ0v) is 16.2. The van der Waals surface area contributed by atoms with Crippen molar-refractivity contribution in [2.45, 2.75) is 45.7 Å². The summed E-state index contributed by atoms with van der Waals surface area (Å²) in [6.07, 6.45) is -3.51. The lowest BCUT2D eigenvalue weighted by atomic mass is 10.2. The van der Waals surface area contributed by atoms with Crippen LogP contribution in [0.4, 0.5) is 13.2 Å². The minimum absolute atomic E-state index is 0.207. The van der Waals surface area contributed by atoms with Gasteiger partial charge in [-0.1, -0.05) is 19.0 Å². The number of hydrogen-bond acceptors (Lipinski definition) is 6. The van der Waals surface area contributed by atoms with Gasteiger partial charge in [0.15, 0.2) is 17.5 Å². The van der Waals surface area contributed by atoms with Crippen LogP contribution in [-0.4, -0.2) is 40.7 Å². The summed E-state index contributed by atoms with van der Waals surface area (Å²) in [6, 6.07) is 0. The van der Waals surface area contributed by atoms with E-state index in [0.29, 0.717) is 55.2 Å². The van der Waals surface area contributed by atoms with Crippen molar-refractivity contribution in [1.29, 1.82) is 0 Å². The number of thiazole rings is 1. The molecule has 2 aromatic heterocycles. The van der Waals surface area contributed by atoms with Gasteiger partial charge in [0.05, 0.1) is 5.01 Å². The molecule has 2 heterocycles. The zero-order valence-electron chi connectivity index (χ0n) is 15.4. The number of guanidine groups is 1. The summed E-state index contributed by atoms with van der Waals surface area (Å²) in [6.45, 7) is 7.45. The maximum Gasteiger partial charge on any atom is 0.434 e. The molecule has 0 amide bonds. The third kappa shape index (κ3) is 6.81. The summed E-state index contributed by atoms with van der Waals surface area (Å²) in [4.78, 5) is 12.3. The van der Waals surface area contributed by atoms with Crippen LogP contribution in [0.2, 0.25) is 0 Å². The Balaban J connectivity index is 1.81. The Bertz CT molecular complexity index is 741. The minimum Gasteiger partial charge on any atom is -0.357 e. The van der Waals surface area contributed by atoms with E-state index in [2.05, 4.69) is 30.8 Å². The first-order valence-corrected chi connectivity index (χ1v) is 9.53. The first kappa shape index (κ1) is 21.1. The SMILES string of the molecule is CCNC(=NCCc1nc(C(F)(F)F)cs1)NCCc1nc(C(C)C)no1. The van der Waals surface area contributed by atoms with Gasteiger partial charge in [0.25, 0.3) is 0 Å². The van der Waals surface area contributed by atoms with Crippen LogP contribution >= 0.6 is 11.3 Å². The summed E-state index contributed by atoms with van der Waals surface area (Å²) >= 11 is 0.992. The molecule has 2 N–H and O–H groups in total. The van der Waals surface area contributed by atoms with Crippen LogP contribution in [0, 0.1) is 0 Å². The Morgan fingerprint density at radius 3 is 2.63 bits per heavy atom. The molecule has 0 saturated carbocycles. The van der Waals surface area contributed by atoms with Crippen LogP contribution in [0.1, 0.15) is 49.1 Å². The van der Waals surface area contributed by atoms with Gasteiger partial charge in [0.1, 0.15) is 0 Å². The van der Waals surface area contributed by atoms with Crippen LogP contribution in [0.25, 0.3) is 0 Å².